The molecule has 30 heavy (non-hydrogen) atoms. The second-order valence-corrected chi connectivity index (χ2v) is 8.29. The van der Waals surface area contributed by atoms with Crippen LogP contribution in [0.3, 0.4) is 0 Å². The second kappa shape index (κ2) is 7.94. The number of hydrogen-bond acceptors (Lipinski definition) is 7. The highest BCUT2D eigenvalue weighted by Gasteiger charge is 2.51. The first kappa shape index (κ1) is 20.1. The molecule has 3 aliphatic heterocycles. The monoisotopic (exact) mass is 432 g/mol. The molecule has 0 aromatic carbocycles. The van der Waals surface area contributed by atoms with E-state index in [0.717, 1.165) is 4.90 Å². The van der Waals surface area contributed by atoms with Crippen LogP contribution in [0.4, 0.5) is 9.93 Å². The lowest BCUT2D eigenvalue weighted by Gasteiger charge is -2.32. The number of amidine groups is 1. The van der Waals surface area contributed by atoms with Crippen molar-refractivity contribution in [3.8, 4) is 0 Å². The number of nitrogens with one attached hydrogen (secondary N) is 1. The van der Waals surface area contributed by atoms with Crippen molar-refractivity contribution in [2.75, 3.05) is 39.0 Å². The van der Waals surface area contributed by atoms with E-state index in [1.165, 1.54) is 29.6 Å². The number of aliphatic imine (C=N–C) groups is 1. The zero-order chi connectivity index (χ0) is 21.4. The fourth-order valence-electron chi connectivity index (χ4n) is 3.81. The molecule has 1 N–H and O–H groups in total. The smallest absolute Gasteiger partial charge is 0.333 e. The Balaban J connectivity index is 1.32. The summed E-state index contributed by atoms with van der Waals surface area (Å²) in [5.41, 5.74) is 0. The number of fused-ring (bicyclic) bond motifs is 1. The molecule has 12 heteroatoms. The number of imide groups is 1. The highest BCUT2D eigenvalue weighted by molar-refractivity contribution is 7.13. The minimum atomic E-state index is -0.775. The summed E-state index contributed by atoms with van der Waals surface area (Å²) in [5.74, 6) is -0.466. The van der Waals surface area contributed by atoms with Gasteiger partial charge in [-0.25, -0.2) is 14.4 Å². The van der Waals surface area contributed by atoms with Crippen molar-refractivity contribution in [1.29, 1.82) is 0 Å². The van der Waals surface area contributed by atoms with E-state index in [1.807, 2.05) is 0 Å². The van der Waals surface area contributed by atoms with Gasteiger partial charge in [0.05, 0.1) is 0 Å². The van der Waals surface area contributed by atoms with Crippen molar-refractivity contribution < 1.29 is 23.8 Å². The number of rotatable bonds is 4. The topological polar surface area (TPSA) is 118 Å². The molecule has 0 bridgehead atoms. The van der Waals surface area contributed by atoms with E-state index in [1.54, 1.807) is 28.1 Å². The number of anilines is 1. The maximum absolute atomic E-state index is 12.8. The molecule has 2 saturated heterocycles. The van der Waals surface area contributed by atoms with E-state index in [0.29, 0.717) is 36.9 Å². The van der Waals surface area contributed by atoms with E-state index in [-0.39, 0.29) is 24.3 Å². The first-order valence-corrected chi connectivity index (χ1v) is 10.4. The molecular weight excluding hydrogens is 410 g/mol. The lowest BCUT2D eigenvalue weighted by molar-refractivity contribution is -0.520. The van der Waals surface area contributed by atoms with Crippen LogP contribution < -0.4 is 5.32 Å². The quantitative estimate of drug-likeness (QED) is 0.654. The Morgan fingerprint density at radius 1 is 1.23 bits per heavy atom. The molecular formula is C18H22N7O4S+. The van der Waals surface area contributed by atoms with Gasteiger partial charge >= 0.3 is 6.03 Å². The number of thiazole rings is 1. The van der Waals surface area contributed by atoms with Gasteiger partial charge in [0.15, 0.2) is 11.7 Å². The standard InChI is InChI=1S/C18H21N7O4S/c1-22-14-13(16(28)23(2)18(22)29)25(10-20-14)9-12(26)24-6-3-11(4-7-24)15(27)21-17-19-5-8-30-17/h5,8,10-11,13H,3-4,6-7,9H2,1-2H3/p+1. The first-order valence-electron chi connectivity index (χ1n) is 9.57. The average Bonchev–Trinajstić information content (AvgIpc) is 3.41. The Bertz CT molecular complexity index is 950. The van der Waals surface area contributed by atoms with Crippen LogP contribution in [0, 0.1) is 5.92 Å². The second-order valence-electron chi connectivity index (χ2n) is 7.40. The molecule has 2 fully saturated rings. The van der Waals surface area contributed by atoms with Crippen LogP contribution in [-0.2, 0) is 14.4 Å². The number of carbonyl (C=O) groups is 4. The van der Waals surface area contributed by atoms with E-state index in [4.69, 9.17) is 0 Å². The molecule has 5 amide bonds. The highest BCUT2D eigenvalue weighted by atomic mass is 32.1. The van der Waals surface area contributed by atoms with Gasteiger partial charge in [-0.2, -0.15) is 0 Å². The average molecular weight is 432 g/mol. The van der Waals surface area contributed by atoms with Crippen LogP contribution in [0.15, 0.2) is 16.6 Å². The zero-order valence-electron chi connectivity index (χ0n) is 16.6. The number of carbonyl (C=O) groups excluding carboxylic acids is 4. The summed E-state index contributed by atoms with van der Waals surface area (Å²) in [4.78, 5) is 62.0. The SMILES string of the molecule is CN1C(=O)C2C(=NC=[N+]2CC(=O)N2CCC(C(=O)Nc3nccs3)CC2)N(C)C1=O. The predicted molar refractivity (Wildman–Crippen MR) is 108 cm³/mol. The van der Waals surface area contributed by atoms with Gasteiger partial charge in [0.25, 0.3) is 30.0 Å². The predicted octanol–water partition coefficient (Wildman–Crippen LogP) is -0.334. The van der Waals surface area contributed by atoms with Crippen LogP contribution in [-0.4, -0.2) is 100.0 Å². The summed E-state index contributed by atoms with van der Waals surface area (Å²) in [6.07, 6.45) is 4.20. The first-order chi connectivity index (χ1) is 14.4. The number of piperidine rings is 1. The molecule has 0 spiro atoms. The van der Waals surface area contributed by atoms with Gasteiger partial charge in [-0.05, 0) is 17.8 Å². The minimum Gasteiger partial charge on any atom is -0.339 e. The maximum Gasteiger partial charge on any atom is 0.333 e. The van der Waals surface area contributed by atoms with E-state index in [2.05, 4.69) is 15.3 Å². The molecule has 1 atom stereocenters. The number of aromatic nitrogens is 1. The van der Waals surface area contributed by atoms with Crippen LogP contribution >= 0.6 is 11.3 Å². The Kier molecular flexibility index (Phi) is 5.33. The van der Waals surface area contributed by atoms with Crippen LogP contribution in [0.2, 0.25) is 0 Å². The molecule has 1 aromatic rings. The Hall–Kier alpha value is -3.15. The lowest BCUT2D eigenvalue weighted by atomic mass is 9.96. The summed E-state index contributed by atoms with van der Waals surface area (Å²) in [7, 11) is 2.97. The van der Waals surface area contributed by atoms with Gasteiger partial charge in [0.2, 0.25) is 5.91 Å². The van der Waals surface area contributed by atoms with Crippen LogP contribution in [0.5, 0.6) is 0 Å². The van der Waals surface area contributed by atoms with Gasteiger partial charge in [0, 0.05) is 44.7 Å². The van der Waals surface area contributed by atoms with Gasteiger partial charge in [0.1, 0.15) is 0 Å². The fraction of sp³-hybridized carbons (Fsp3) is 0.500. The van der Waals surface area contributed by atoms with Gasteiger partial charge < -0.3 is 10.2 Å². The number of likely N-dealkylation sites (N-methyl/N-ethyl adjacent to an activating group) is 2. The van der Waals surface area contributed by atoms with E-state index >= 15 is 0 Å². The number of nitrogens with zero attached hydrogens (tertiary/aromatic N) is 6. The van der Waals surface area contributed by atoms with Gasteiger partial charge in [-0.15, -0.1) is 11.3 Å². The largest absolute Gasteiger partial charge is 0.339 e. The van der Waals surface area contributed by atoms with Crippen molar-refractivity contribution in [1.82, 2.24) is 19.7 Å². The summed E-state index contributed by atoms with van der Waals surface area (Å²) < 4.78 is 1.56. The van der Waals surface area contributed by atoms with Crippen molar-refractivity contribution in [3.63, 3.8) is 0 Å². The molecule has 4 rings (SSSR count). The molecule has 11 nitrogen and oxygen atoms in total. The summed E-state index contributed by atoms with van der Waals surface area (Å²) in [6, 6.07) is -1.22. The van der Waals surface area contributed by atoms with Crippen molar-refractivity contribution >= 4 is 52.4 Å². The van der Waals surface area contributed by atoms with Crippen molar-refractivity contribution in [2.45, 2.75) is 18.9 Å². The van der Waals surface area contributed by atoms with Crippen molar-refractivity contribution in [3.05, 3.63) is 11.6 Å². The number of amides is 5. The zero-order valence-corrected chi connectivity index (χ0v) is 17.5. The van der Waals surface area contributed by atoms with Crippen molar-refractivity contribution in [2.24, 2.45) is 10.9 Å². The third-order valence-electron chi connectivity index (χ3n) is 5.60. The lowest BCUT2D eigenvalue weighted by Crippen LogP contribution is -2.62. The number of urea groups is 1. The molecule has 3 aliphatic rings. The molecule has 0 radical (unpaired) electrons. The van der Waals surface area contributed by atoms with E-state index in [9.17, 15) is 19.2 Å². The minimum absolute atomic E-state index is 0.0186. The fourth-order valence-corrected chi connectivity index (χ4v) is 4.35. The Labute approximate surface area is 176 Å². The third-order valence-corrected chi connectivity index (χ3v) is 6.28. The molecule has 0 saturated carbocycles. The Morgan fingerprint density at radius 3 is 2.63 bits per heavy atom. The number of likely N-dealkylation sites (tertiary alicyclic amines) is 1. The Morgan fingerprint density at radius 2 is 1.97 bits per heavy atom. The van der Waals surface area contributed by atoms with Crippen LogP contribution in [0.1, 0.15) is 12.8 Å². The molecule has 0 aliphatic carbocycles. The van der Waals surface area contributed by atoms with Gasteiger partial charge in [-0.3, -0.25) is 24.2 Å². The molecule has 158 valence electrons. The van der Waals surface area contributed by atoms with E-state index < -0.39 is 18.0 Å². The summed E-state index contributed by atoms with van der Waals surface area (Å²) >= 11 is 1.37. The number of hydrogen-bond donors (Lipinski definition) is 1. The van der Waals surface area contributed by atoms with Gasteiger partial charge in [-0.1, -0.05) is 0 Å². The third kappa shape index (κ3) is 3.58. The summed E-state index contributed by atoms with van der Waals surface area (Å²) in [5, 5.41) is 5.17. The molecule has 1 unspecified atom stereocenters. The molecule has 1 aromatic heterocycles. The summed E-state index contributed by atoms with van der Waals surface area (Å²) in [6.45, 7) is 0.912. The normalized spacial score (nSPS) is 22.1. The maximum atomic E-state index is 12.8. The van der Waals surface area contributed by atoms with Crippen LogP contribution in [0.25, 0.3) is 0 Å². The highest BCUT2D eigenvalue weighted by Crippen LogP contribution is 2.21. The molecule has 4 heterocycles.